The van der Waals surface area contributed by atoms with Gasteiger partial charge in [0.05, 0.1) is 17.5 Å². The predicted octanol–water partition coefficient (Wildman–Crippen LogP) is 3.11. The van der Waals surface area contributed by atoms with Gasteiger partial charge in [0.15, 0.2) is 5.65 Å². The van der Waals surface area contributed by atoms with E-state index >= 15 is 0 Å². The summed E-state index contributed by atoms with van der Waals surface area (Å²) in [7, 11) is 0. The molecular formula is C14H8F3N3O2. The summed E-state index contributed by atoms with van der Waals surface area (Å²) in [6, 6.07) is 6.20. The lowest BCUT2D eigenvalue weighted by atomic mass is 10.1. The fourth-order valence-corrected chi connectivity index (χ4v) is 2.12. The van der Waals surface area contributed by atoms with Crippen molar-refractivity contribution in [2.75, 3.05) is 0 Å². The van der Waals surface area contributed by atoms with Crippen LogP contribution >= 0.6 is 0 Å². The second-order valence-electron chi connectivity index (χ2n) is 4.51. The van der Waals surface area contributed by atoms with Crippen molar-refractivity contribution in [2.45, 2.75) is 6.18 Å². The first kappa shape index (κ1) is 14.1. The lowest BCUT2D eigenvalue weighted by molar-refractivity contribution is -0.137. The molecule has 0 amide bonds. The van der Waals surface area contributed by atoms with Crippen LogP contribution in [0.1, 0.15) is 15.9 Å². The highest BCUT2D eigenvalue weighted by Gasteiger charge is 2.30. The molecule has 5 nitrogen and oxygen atoms in total. The maximum Gasteiger partial charge on any atom is 0.416 e. The van der Waals surface area contributed by atoms with Crippen molar-refractivity contribution in [1.29, 1.82) is 0 Å². The number of aromatic carboxylic acids is 1. The van der Waals surface area contributed by atoms with Crippen LogP contribution in [0.3, 0.4) is 0 Å². The molecule has 0 unspecified atom stereocenters. The summed E-state index contributed by atoms with van der Waals surface area (Å²) in [6.45, 7) is 0. The Kier molecular flexibility index (Phi) is 3.09. The van der Waals surface area contributed by atoms with Gasteiger partial charge in [0, 0.05) is 11.8 Å². The van der Waals surface area contributed by atoms with E-state index in [9.17, 15) is 18.0 Å². The lowest BCUT2D eigenvalue weighted by Crippen LogP contribution is -2.05. The molecule has 8 heteroatoms. The minimum Gasteiger partial charge on any atom is -0.477 e. The number of carbonyl (C=O) groups is 1. The van der Waals surface area contributed by atoms with Crippen molar-refractivity contribution in [3.8, 4) is 11.3 Å². The minimum atomic E-state index is -4.46. The first-order chi connectivity index (χ1) is 10.4. The minimum absolute atomic E-state index is 0.0717. The Labute approximate surface area is 121 Å². The molecule has 0 bridgehead atoms. The zero-order chi connectivity index (χ0) is 15.9. The van der Waals surface area contributed by atoms with E-state index < -0.39 is 17.7 Å². The molecule has 22 heavy (non-hydrogen) atoms. The van der Waals surface area contributed by atoms with Crippen LogP contribution in [0.5, 0.6) is 0 Å². The van der Waals surface area contributed by atoms with Gasteiger partial charge in [-0.1, -0.05) is 12.1 Å². The average Bonchev–Trinajstić information content (AvgIpc) is 2.90. The third kappa shape index (κ3) is 2.28. The number of carboxylic acid groups (broad SMARTS) is 1. The SMILES string of the molecule is O=C(O)c1cnn2c(-c3cccc(C(F)(F)F)c3)ccnc12. The van der Waals surface area contributed by atoms with E-state index in [1.807, 2.05) is 0 Å². The van der Waals surface area contributed by atoms with Crippen molar-refractivity contribution in [3.05, 3.63) is 53.9 Å². The van der Waals surface area contributed by atoms with Crippen LogP contribution in [-0.2, 0) is 6.18 Å². The van der Waals surface area contributed by atoms with Crippen LogP contribution in [0.2, 0.25) is 0 Å². The fraction of sp³-hybridized carbons (Fsp3) is 0.0714. The molecule has 3 aromatic rings. The molecule has 0 fully saturated rings. The molecule has 0 saturated heterocycles. The smallest absolute Gasteiger partial charge is 0.416 e. The molecule has 0 aliphatic carbocycles. The molecule has 0 aliphatic rings. The Morgan fingerprint density at radius 1 is 1.23 bits per heavy atom. The van der Waals surface area contributed by atoms with Gasteiger partial charge in [-0.2, -0.15) is 18.3 Å². The Bertz CT molecular complexity index is 871. The quantitative estimate of drug-likeness (QED) is 0.790. The molecule has 0 saturated carbocycles. The predicted molar refractivity (Wildman–Crippen MR) is 70.4 cm³/mol. The van der Waals surface area contributed by atoms with Crippen molar-refractivity contribution in [1.82, 2.24) is 14.6 Å². The van der Waals surface area contributed by atoms with E-state index in [2.05, 4.69) is 10.1 Å². The number of rotatable bonds is 2. The first-order valence-corrected chi connectivity index (χ1v) is 6.11. The zero-order valence-electron chi connectivity index (χ0n) is 10.9. The van der Waals surface area contributed by atoms with Crippen molar-refractivity contribution < 1.29 is 23.1 Å². The number of halogens is 3. The molecule has 1 aromatic carbocycles. The van der Waals surface area contributed by atoms with Crippen LogP contribution in [-0.4, -0.2) is 25.7 Å². The second kappa shape index (κ2) is 4.83. The molecule has 0 atom stereocenters. The summed E-state index contributed by atoms with van der Waals surface area (Å²) in [5.74, 6) is -1.20. The Morgan fingerprint density at radius 3 is 2.68 bits per heavy atom. The average molecular weight is 307 g/mol. The van der Waals surface area contributed by atoms with Gasteiger partial charge in [0.25, 0.3) is 0 Å². The van der Waals surface area contributed by atoms with Crippen LogP contribution in [0, 0.1) is 0 Å². The summed E-state index contributed by atoms with van der Waals surface area (Å²) in [4.78, 5) is 15.0. The number of fused-ring (bicyclic) bond motifs is 1. The highest BCUT2D eigenvalue weighted by molar-refractivity contribution is 5.94. The van der Waals surface area contributed by atoms with Gasteiger partial charge >= 0.3 is 12.1 Å². The number of hydrogen-bond acceptors (Lipinski definition) is 3. The van der Waals surface area contributed by atoms with E-state index in [4.69, 9.17) is 5.11 Å². The Hall–Kier alpha value is -2.90. The van der Waals surface area contributed by atoms with E-state index in [0.29, 0.717) is 5.69 Å². The molecule has 2 heterocycles. The van der Waals surface area contributed by atoms with E-state index in [1.165, 1.54) is 28.9 Å². The van der Waals surface area contributed by atoms with E-state index in [0.717, 1.165) is 18.3 Å². The van der Waals surface area contributed by atoms with Gasteiger partial charge in [0.2, 0.25) is 0 Å². The maximum absolute atomic E-state index is 12.8. The third-order valence-electron chi connectivity index (χ3n) is 3.12. The monoisotopic (exact) mass is 307 g/mol. The second-order valence-corrected chi connectivity index (χ2v) is 4.51. The van der Waals surface area contributed by atoms with Crippen LogP contribution in [0.15, 0.2) is 42.7 Å². The van der Waals surface area contributed by atoms with E-state index in [1.54, 1.807) is 0 Å². The fourth-order valence-electron chi connectivity index (χ4n) is 2.12. The van der Waals surface area contributed by atoms with Gasteiger partial charge in [-0.15, -0.1) is 0 Å². The normalized spacial score (nSPS) is 11.8. The summed E-state index contributed by atoms with van der Waals surface area (Å²) in [6.07, 6.45) is -2.01. The molecule has 0 radical (unpaired) electrons. The molecule has 1 N–H and O–H groups in total. The van der Waals surface area contributed by atoms with Crippen molar-refractivity contribution in [2.24, 2.45) is 0 Å². The number of hydrogen-bond donors (Lipinski definition) is 1. The molecule has 3 rings (SSSR count). The molecule has 0 aliphatic heterocycles. The Morgan fingerprint density at radius 2 is 2.00 bits per heavy atom. The first-order valence-electron chi connectivity index (χ1n) is 6.11. The van der Waals surface area contributed by atoms with Crippen molar-refractivity contribution >= 4 is 11.6 Å². The summed E-state index contributed by atoms with van der Waals surface area (Å²) < 4.78 is 39.6. The van der Waals surface area contributed by atoms with Gasteiger partial charge in [0.1, 0.15) is 5.56 Å². The molecule has 112 valence electrons. The number of alkyl halides is 3. The number of carboxylic acids is 1. The third-order valence-corrected chi connectivity index (χ3v) is 3.12. The molecule has 0 spiro atoms. The van der Waals surface area contributed by atoms with Gasteiger partial charge in [-0.3, -0.25) is 0 Å². The van der Waals surface area contributed by atoms with Crippen molar-refractivity contribution in [3.63, 3.8) is 0 Å². The zero-order valence-corrected chi connectivity index (χ0v) is 10.9. The summed E-state index contributed by atoms with van der Waals surface area (Å²) >= 11 is 0. The summed E-state index contributed by atoms with van der Waals surface area (Å²) in [5, 5.41) is 12.9. The van der Waals surface area contributed by atoms with E-state index in [-0.39, 0.29) is 16.8 Å². The lowest BCUT2D eigenvalue weighted by Gasteiger charge is -2.09. The largest absolute Gasteiger partial charge is 0.477 e. The molecule has 2 aromatic heterocycles. The van der Waals surface area contributed by atoms with Crippen LogP contribution in [0.25, 0.3) is 16.9 Å². The van der Waals surface area contributed by atoms with Crippen LogP contribution < -0.4 is 0 Å². The highest BCUT2D eigenvalue weighted by Crippen LogP contribution is 2.32. The number of benzene rings is 1. The van der Waals surface area contributed by atoms with Crippen LogP contribution in [0.4, 0.5) is 13.2 Å². The van der Waals surface area contributed by atoms with Gasteiger partial charge in [-0.25, -0.2) is 14.3 Å². The standard InChI is InChI=1S/C14H8F3N3O2/c15-14(16,17)9-3-1-2-8(6-9)11-4-5-18-12-10(13(21)22)7-19-20(11)12/h1-7H,(H,21,22). The van der Waals surface area contributed by atoms with Gasteiger partial charge in [-0.05, 0) is 18.2 Å². The number of nitrogens with zero attached hydrogens (tertiary/aromatic N) is 3. The number of aromatic nitrogens is 3. The molecular weight excluding hydrogens is 299 g/mol. The highest BCUT2D eigenvalue weighted by atomic mass is 19.4. The topological polar surface area (TPSA) is 67.5 Å². The Balaban J connectivity index is 2.21. The maximum atomic E-state index is 12.8. The summed E-state index contributed by atoms with van der Waals surface area (Å²) in [5.41, 5.74) is -0.248. The van der Waals surface area contributed by atoms with Gasteiger partial charge < -0.3 is 5.11 Å².